The fraction of sp³-hybridized carbons (Fsp3) is 0.0870. The Balaban J connectivity index is 1.46. The van der Waals surface area contributed by atoms with Crippen LogP contribution in [0.3, 0.4) is 0 Å². The number of hydrogen-bond acceptors (Lipinski definition) is 5. The van der Waals surface area contributed by atoms with E-state index in [4.69, 9.17) is 20.8 Å². The van der Waals surface area contributed by atoms with Crippen molar-refractivity contribution in [2.75, 3.05) is 12.4 Å². The van der Waals surface area contributed by atoms with Crippen LogP contribution in [0.15, 0.2) is 65.1 Å². The maximum absolute atomic E-state index is 12.7. The number of halogens is 1. The lowest BCUT2D eigenvalue weighted by molar-refractivity contribution is 0.0998. The summed E-state index contributed by atoms with van der Waals surface area (Å²) in [5, 5.41) is 13.3. The summed E-state index contributed by atoms with van der Waals surface area (Å²) < 4.78 is 10.8. The fourth-order valence-electron chi connectivity index (χ4n) is 3.38. The van der Waals surface area contributed by atoms with E-state index in [-0.39, 0.29) is 11.7 Å². The maximum atomic E-state index is 12.7. The third kappa shape index (κ3) is 3.49. The number of nitrogens with zero attached hydrogens (tertiary/aromatic N) is 3. The molecule has 0 aliphatic carbocycles. The monoisotopic (exact) mass is 432 g/mol. The summed E-state index contributed by atoms with van der Waals surface area (Å²) in [6.45, 7) is 1.90. The predicted octanol–water partition coefficient (Wildman–Crippen LogP) is 5.39. The number of amides is 1. The zero-order valence-corrected chi connectivity index (χ0v) is 17.5. The summed E-state index contributed by atoms with van der Waals surface area (Å²) in [4.78, 5) is 14.2. The number of rotatable bonds is 4. The van der Waals surface area contributed by atoms with Crippen molar-refractivity contribution in [2.24, 2.45) is 0 Å². The lowest BCUT2D eigenvalue weighted by Gasteiger charge is -2.06. The molecule has 2 aromatic heterocycles. The van der Waals surface area contributed by atoms with Crippen molar-refractivity contribution in [3.63, 3.8) is 0 Å². The van der Waals surface area contributed by atoms with E-state index >= 15 is 0 Å². The average molecular weight is 433 g/mol. The van der Waals surface area contributed by atoms with Crippen LogP contribution >= 0.6 is 11.6 Å². The van der Waals surface area contributed by atoms with Crippen molar-refractivity contribution < 1.29 is 13.9 Å². The van der Waals surface area contributed by atoms with Crippen LogP contribution in [0.5, 0.6) is 5.75 Å². The molecule has 0 atom stereocenters. The Morgan fingerprint density at radius 1 is 1.06 bits per heavy atom. The van der Waals surface area contributed by atoms with Crippen molar-refractivity contribution in [3.05, 3.63) is 77.0 Å². The van der Waals surface area contributed by atoms with Crippen LogP contribution in [0, 0.1) is 6.92 Å². The molecule has 5 rings (SSSR count). The van der Waals surface area contributed by atoms with E-state index in [0.717, 1.165) is 10.9 Å². The lowest BCUT2D eigenvalue weighted by atomic mass is 10.1. The maximum Gasteiger partial charge on any atom is 0.291 e. The summed E-state index contributed by atoms with van der Waals surface area (Å²) in [6.07, 6.45) is 0. The second-order valence-electron chi connectivity index (χ2n) is 7.07. The molecule has 1 amide bonds. The highest BCUT2D eigenvalue weighted by Gasteiger charge is 2.15. The van der Waals surface area contributed by atoms with E-state index in [2.05, 4.69) is 15.5 Å². The molecule has 1 N–H and O–H groups in total. The largest absolute Gasteiger partial charge is 0.495 e. The van der Waals surface area contributed by atoms with Gasteiger partial charge in [-0.15, -0.1) is 10.2 Å². The molecule has 2 heterocycles. The van der Waals surface area contributed by atoms with Gasteiger partial charge in [0.2, 0.25) is 0 Å². The SMILES string of the molecule is COc1ccc(-n2nc3cc(C)c(NC(=O)c4cc5ccccc5o4)cc3n2)cc1Cl. The van der Waals surface area contributed by atoms with Gasteiger partial charge in [0, 0.05) is 11.1 Å². The Morgan fingerprint density at radius 3 is 2.58 bits per heavy atom. The molecule has 0 aliphatic rings. The first-order chi connectivity index (χ1) is 15.0. The summed E-state index contributed by atoms with van der Waals surface area (Å²) in [7, 11) is 1.56. The summed E-state index contributed by atoms with van der Waals surface area (Å²) in [5.41, 5.74) is 4.20. The molecule has 154 valence electrons. The molecule has 0 bridgehead atoms. The number of ether oxygens (including phenoxy) is 1. The van der Waals surface area contributed by atoms with Crippen molar-refractivity contribution in [2.45, 2.75) is 6.92 Å². The molecule has 7 nitrogen and oxygen atoms in total. The number of anilines is 1. The summed E-state index contributed by atoms with van der Waals surface area (Å²) in [5.74, 6) is 0.499. The van der Waals surface area contributed by atoms with Crippen LogP contribution in [0.1, 0.15) is 16.1 Å². The average Bonchev–Trinajstić information content (AvgIpc) is 3.38. The van der Waals surface area contributed by atoms with Crippen LogP contribution in [-0.4, -0.2) is 28.0 Å². The highest BCUT2D eigenvalue weighted by atomic mass is 35.5. The predicted molar refractivity (Wildman–Crippen MR) is 119 cm³/mol. The van der Waals surface area contributed by atoms with E-state index in [1.54, 1.807) is 31.4 Å². The first kappa shape index (κ1) is 19.1. The molecule has 3 aromatic carbocycles. The molecule has 0 unspecified atom stereocenters. The highest BCUT2D eigenvalue weighted by molar-refractivity contribution is 6.32. The van der Waals surface area contributed by atoms with Gasteiger partial charge in [0.15, 0.2) is 5.76 Å². The minimum absolute atomic E-state index is 0.247. The van der Waals surface area contributed by atoms with Crippen LogP contribution in [-0.2, 0) is 0 Å². The van der Waals surface area contributed by atoms with E-state index < -0.39 is 0 Å². The van der Waals surface area contributed by atoms with Gasteiger partial charge in [0.25, 0.3) is 5.91 Å². The molecule has 0 aliphatic heterocycles. The number of aromatic nitrogens is 3. The van der Waals surface area contributed by atoms with Gasteiger partial charge in [0.05, 0.1) is 17.8 Å². The molecule has 0 radical (unpaired) electrons. The molecule has 0 saturated heterocycles. The zero-order valence-electron chi connectivity index (χ0n) is 16.7. The standard InChI is InChI=1S/C23H17ClN4O3/c1-13-9-18-19(27-28(26-18)15-7-8-21(30-2)16(24)11-15)12-17(13)25-23(29)22-10-14-5-3-4-6-20(14)31-22/h3-12H,1-2H3,(H,25,29). The minimum atomic E-state index is -0.326. The zero-order chi connectivity index (χ0) is 21.5. The van der Waals surface area contributed by atoms with Gasteiger partial charge in [-0.05, 0) is 55.0 Å². The van der Waals surface area contributed by atoms with Crippen LogP contribution < -0.4 is 10.1 Å². The van der Waals surface area contributed by atoms with E-state index in [1.165, 1.54) is 4.80 Å². The number of aryl methyl sites for hydroxylation is 1. The Kier molecular flexibility index (Phi) is 4.60. The number of fused-ring (bicyclic) bond motifs is 2. The smallest absolute Gasteiger partial charge is 0.291 e. The Bertz CT molecular complexity index is 1420. The van der Waals surface area contributed by atoms with E-state index in [1.807, 2.05) is 43.3 Å². The normalized spacial score (nSPS) is 11.2. The Hall–Kier alpha value is -3.84. The number of carbonyl (C=O) groups excluding carboxylic acids is 1. The number of para-hydroxylation sites is 1. The van der Waals surface area contributed by atoms with Crippen LogP contribution in [0.2, 0.25) is 5.02 Å². The highest BCUT2D eigenvalue weighted by Crippen LogP contribution is 2.28. The van der Waals surface area contributed by atoms with Crippen molar-refractivity contribution in [1.29, 1.82) is 0 Å². The first-order valence-electron chi connectivity index (χ1n) is 9.53. The van der Waals surface area contributed by atoms with Gasteiger partial charge in [-0.1, -0.05) is 29.8 Å². The molecule has 0 spiro atoms. The molecular formula is C23H17ClN4O3. The van der Waals surface area contributed by atoms with Crippen LogP contribution in [0.25, 0.3) is 27.7 Å². The molecular weight excluding hydrogens is 416 g/mol. The second kappa shape index (κ2) is 7.45. The number of carbonyl (C=O) groups is 1. The third-order valence-corrected chi connectivity index (χ3v) is 5.29. The molecule has 8 heteroatoms. The summed E-state index contributed by atoms with van der Waals surface area (Å²) in [6, 6.07) is 18.2. The number of methoxy groups -OCH3 is 1. The molecule has 0 fully saturated rings. The number of benzene rings is 3. The summed E-state index contributed by atoms with van der Waals surface area (Å²) >= 11 is 6.22. The Labute approximate surface area is 182 Å². The number of hydrogen-bond donors (Lipinski definition) is 1. The topological polar surface area (TPSA) is 82.2 Å². The third-order valence-electron chi connectivity index (χ3n) is 4.99. The van der Waals surface area contributed by atoms with Gasteiger partial charge in [0.1, 0.15) is 22.4 Å². The number of furan rings is 1. The molecule has 31 heavy (non-hydrogen) atoms. The first-order valence-corrected chi connectivity index (χ1v) is 9.91. The van der Waals surface area contributed by atoms with Gasteiger partial charge in [-0.25, -0.2) is 0 Å². The second-order valence-corrected chi connectivity index (χ2v) is 7.47. The Morgan fingerprint density at radius 2 is 1.84 bits per heavy atom. The van der Waals surface area contributed by atoms with Gasteiger partial charge < -0.3 is 14.5 Å². The van der Waals surface area contributed by atoms with E-state index in [9.17, 15) is 4.79 Å². The molecule has 5 aromatic rings. The van der Waals surface area contributed by atoms with Crippen molar-refractivity contribution in [1.82, 2.24) is 15.0 Å². The van der Waals surface area contributed by atoms with Crippen molar-refractivity contribution in [3.8, 4) is 11.4 Å². The minimum Gasteiger partial charge on any atom is -0.495 e. The van der Waals surface area contributed by atoms with E-state index in [0.29, 0.717) is 38.8 Å². The van der Waals surface area contributed by atoms with Crippen molar-refractivity contribution >= 4 is 45.2 Å². The van der Waals surface area contributed by atoms with Gasteiger partial charge in [-0.3, -0.25) is 4.79 Å². The van der Waals surface area contributed by atoms with Gasteiger partial charge >= 0.3 is 0 Å². The number of nitrogens with one attached hydrogen (secondary N) is 1. The quantitative estimate of drug-likeness (QED) is 0.411. The van der Waals surface area contributed by atoms with Gasteiger partial charge in [-0.2, -0.15) is 4.80 Å². The van der Waals surface area contributed by atoms with Crippen LogP contribution in [0.4, 0.5) is 5.69 Å². The lowest BCUT2D eigenvalue weighted by Crippen LogP contribution is -2.11. The molecule has 0 saturated carbocycles. The fourth-order valence-corrected chi connectivity index (χ4v) is 3.63.